The van der Waals surface area contributed by atoms with Gasteiger partial charge in [-0.2, -0.15) is 0 Å². The van der Waals surface area contributed by atoms with Crippen LogP contribution in [0, 0.1) is 94.8 Å². The Hall–Kier alpha value is 1.10. The predicted octanol–water partition coefficient (Wildman–Crippen LogP) is 4.23. The van der Waals surface area contributed by atoms with Crippen LogP contribution in [0.2, 0.25) is 0 Å². The molecule has 16 radical (unpaired) electrons. The third-order valence-electron chi connectivity index (χ3n) is 2.49. The molecule has 0 N–H and O–H groups in total. The van der Waals surface area contributed by atoms with Crippen molar-refractivity contribution in [1.29, 1.82) is 0 Å². The summed E-state index contributed by atoms with van der Waals surface area (Å²) in [5.41, 5.74) is 0. The van der Waals surface area contributed by atoms with Gasteiger partial charge in [-0.15, -0.1) is 0 Å². The molecule has 0 spiro atoms. The van der Waals surface area contributed by atoms with Crippen molar-refractivity contribution in [3.05, 3.63) is 94.8 Å². The maximum Gasteiger partial charge on any atom is 0 e. The number of hydrogen-bond donors (Lipinski definition) is 0. The summed E-state index contributed by atoms with van der Waals surface area (Å²) >= 11 is 0. The zero-order valence-electron chi connectivity index (χ0n) is 12.0. The van der Waals surface area contributed by atoms with Crippen LogP contribution in [0.3, 0.4) is 0 Å². The summed E-state index contributed by atoms with van der Waals surface area (Å²) in [4.78, 5) is 0. The molecule has 0 saturated heterocycles. The monoisotopic (exact) mass is 326 g/mol. The van der Waals surface area contributed by atoms with Gasteiger partial charge in [0.2, 0.25) is 0 Å². The van der Waals surface area contributed by atoms with Gasteiger partial charge in [-0.05, 0) is 94.8 Å². The summed E-state index contributed by atoms with van der Waals surface area (Å²) in [7, 11) is 0. The van der Waals surface area contributed by atoms with Crippen molar-refractivity contribution in [2.45, 2.75) is 20.8 Å². The molecule has 0 atom stereocenters. The Morgan fingerprint density at radius 2 is 0.579 bits per heavy atom. The van der Waals surface area contributed by atoms with Gasteiger partial charge in [-0.25, -0.2) is 0 Å². The van der Waals surface area contributed by atoms with E-state index in [-0.39, 0.29) is 32.7 Å². The Morgan fingerprint density at radius 1 is 0.421 bits per heavy atom. The van der Waals surface area contributed by atoms with Crippen molar-refractivity contribution in [2.75, 3.05) is 0 Å². The minimum Gasteiger partial charge on any atom is -0.0585 e. The molecule has 0 aliphatic heterocycles. The summed E-state index contributed by atoms with van der Waals surface area (Å²) in [6, 6.07) is 0. The molecule has 0 bridgehead atoms. The molecule has 0 aromatic heterocycles. The largest absolute Gasteiger partial charge is 0.0585 e. The summed E-state index contributed by atoms with van der Waals surface area (Å²) < 4.78 is 0. The summed E-state index contributed by atoms with van der Waals surface area (Å²) in [6.07, 6.45) is 24.7. The molecule has 0 aromatic carbocycles. The zero-order chi connectivity index (χ0) is 13.2. The normalized spacial score (nSPS) is 24.2. The van der Waals surface area contributed by atoms with E-state index in [2.05, 4.69) is 59.3 Å². The Labute approximate surface area is 147 Å². The number of hydrogen-bond acceptors (Lipinski definition) is 0. The molecular weight excluding hydrogens is 305 g/mol. The maximum atomic E-state index is 2.08. The van der Waals surface area contributed by atoms with Gasteiger partial charge in [0, 0.05) is 32.7 Å². The first kappa shape index (κ1) is 20.1. The van der Waals surface area contributed by atoms with Crippen LogP contribution >= 0.6 is 0 Å². The van der Waals surface area contributed by atoms with Crippen molar-refractivity contribution in [3.8, 4) is 0 Å². The second kappa shape index (κ2) is 12.8. The summed E-state index contributed by atoms with van der Waals surface area (Å²) in [5.74, 6) is 4.03. The van der Waals surface area contributed by atoms with Crippen LogP contribution in [0.5, 0.6) is 0 Å². The Morgan fingerprint density at radius 3 is 0.632 bits per heavy atom. The van der Waals surface area contributed by atoms with Crippen LogP contribution in [0.4, 0.5) is 0 Å². The molecule has 96 valence electrons. The van der Waals surface area contributed by atoms with Gasteiger partial charge in [-0.1, -0.05) is 20.8 Å². The topological polar surface area (TPSA) is 0 Å². The van der Waals surface area contributed by atoms with E-state index in [1.807, 2.05) is 38.5 Å². The molecule has 0 heterocycles. The maximum absolute atomic E-state index is 2.08. The quantitative estimate of drug-likeness (QED) is 0.625. The first-order valence-corrected chi connectivity index (χ1v) is 6.23. The van der Waals surface area contributed by atoms with Gasteiger partial charge < -0.3 is 0 Å². The third-order valence-corrected chi connectivity index (χ3v) is 2.49. The molecule has 3 fully saturated rings. The van der Waals surface area contributed by atoms with Crippen LogP contribution in [0.1, 0.15) is 20.8 Å². The summed E-state index contributed by atoms with van der Waals surface area (Å²) in [6.45, 7) is 6.25. The van der Waals surface area contributed by atoms with Gasteiger partial charge >= 0.3 is 0 Å². The average molecular weight is 326 g/mol. The van der Waals surface area contributed by atoms with Crippen molar-refractivity contribution < 1.29 is 32.7 Å². The van der Waals surface area contributed by atoms with E-state index in [0.717, 1.165) is 0 Å². The van der Waals surface area contributed by atoms with Gasteiger partial charge in [-0.3, -0.25) is 0 Å². The van der Waals surface area contributed by atoms with Crippen molar-refractivity contribution in [2.24, 2.45) is 0 Å². The Kier molecular flexibility index (Phi) is 13.6. The fourth-order valence-electron chi connectivity index (χ4n) is 1.41. The fourth-order valence-corrected chi connectivity index (χ4v) is 1.41. The Balaban J connectivity index is 0.000000249. The summed E-state index contributed by atoms with van der Waals surface area (Å²) in [5, 5.41) is 0. The van der Waals surface area contributed by atoms with Gasteiger partial charge in [0.25, 0.3) is 0 Å². The fraction of sp³-hybridized carbons (Fsp3) is 0.167. The molecule has 19 heavy (non-hydrogen) atoms. The van der Waals surface area contributed by atoms with E-state index in [0.29, 0.717) is 0 Å². The minimum atomic E-state index is 0. The van der Waals surface area contributed by atoms with Crippen molar-refractivity contribution in [1.82, 2.24) is 0 Å². The van der Waals surface area contributed by atoms with Crippen LogP contribution < -0.4 is 0 Å². The van der Waals surface area contributed by atoms with Crippen LogP contribution in [0.25, 0.3) is 0 Å². The standard InChI is InChI=1S/3C6H7.Y/c3*1-6-4-2-3-5-6;/h3*2-5H,1H3;. The second-order valence-electron chi connectivity index (χ2n) is 4.39. The molecule has 0 aromatic rings. The van der Waals surface area contributed by atoms with E-state index in [1.54, 1.807) is 0 Å². The third kappa shape index (κ3) is 11.4. The molecule has 3 aliphatic carbocycles. The predicted molar refractivity (Wildman–Crippen MR) is 78.4 cm³/mol. The van der Waals surface area contributed by atoms with Crippen molar-refractivity contribution >= 4 is 0 Å². The van der Waals surface area contributed by atoms with Gasteiger partial charge in [0.05, 0.1) is 0 Å². The molecular formula is C18H21Y. The van der Waals surface area contributed by atoms with E-state index in [9.17, 15) is 0 Å². The van der Waals surface area contributed by atoms with Gasteiger partial charge in [0.1, 0.15) is 0 Å². The molecule has 0 unspecified atom stereocenters. The van der Waals surface area contributed by atoms with Crippen LogP contribution in [-0.4, -0.2) is 0 Å². The van der Waals surface area contributed by atoms with Crippen LogP contribution in [0.15, 0.2) is 0 Å². The minimum absolute atomic E-state index is 0. The SMILES string of the molecule is C[C]1[CH][CH][CH][CH]1.C[C]1[CH][CH][CH][CH]1.C[C]1[CH][CH][CH][CH]1.[Y]. The molecule has 3 rings (SSSR count). The first-order valence-electron chi connectivity index (χ1n) is 6.23. The van der Waals surface area contributed by atoms with Crippen LogP contribution in [-0.2, 0) is 32.7 Å². The molecule has 0 amide bonds. The second-order valence-corrected chi connectivity index (χ2v) is 4.39. The smallest absolute Gasteiger partial charge is 0 e. The average Bonchev–Trinajstić information content (AvgIpc) is 3.05. The van der Waals surface area contributed by atoms with E-state index < -0.39 is 0 Å². The van der Waals surface area contributed by atoms with Gasteiger partial charge in [0.15, 0.2) is 0 Å². The molecule has 3 saturated carbocycles. The Bertz CT molecular complexity index is 139. The molecule has 0 nitrogen and oxygen atoms in total. The molecule has 3 aliphatic rings. The van der Waals surface area contributed by atoms with E-state index >= 15 is 0 Å². The van der Waals surface area contributed by atoms with E-state index in [1.165, 1.54) is 17.8 Å². The zero-order valence-corrected chi connectivity index (χ0v) is 14.8. The first-order chi connectivity index (χ1) is 8.68. The molecule has 1 heteroatoms. The van der Waals surface area contributed by atoms with E-state index in [4.69, 9.17) is 0 Å². The van der Waals surface area contributed by atoms with Crippen molar-refractivity contribution in [3.63, 3.8) is 0 Å². The number of rotatable bonds is 0.